The van der Waals surface area contributed by atoms with Gasteiger partial charge in [-0.3, -0.25) is 4.79 Å². The van der Waals surface area contributed by atoms with E-state index in [9.17, 15) is 9.18 Å². The summed E-state index contributed by atoms with van der Waals surface area (Å²) in [5, 5.41) is 14.7. The van der Waals surface area contributed by atoms with Gasteiger partial charge in [-0.15, -0.1) is 0 Å². The number of nitriles is 1. The highest BCUT2D eigenvalue weighted by molar-refractivity contribution is 5.93. The lowest BCUT2D eigenvalue weighted by Crippen LogP contribution is -2.10. The second-order valence-corrected chi connectivity index (χ2v) is 6.45. The maximum Gasteiger partial charge on any atom is 0.248 e. The third-order valence-corrected chi connectivity index (χ3v) is 4.09. The Morgan fingerprint density at radius 2 is 1.90 bits per heavy atom. The number of nitrogens with two attached hydrogens (primary N) is 1. The van der Waals surface area contributed by atoms with Gasteiger partial charge in [-0.05, 0) is 61.9 Å². The number of ether oxygens (including phenoxy) is 1. The Morgan fingerprint density at radius 3 is 2.53 bits per heavy atom. The number of nitrogens with one attached hydrogen (secondary N) is 2. The van der Waals surface area contributed by atoms with Crippen LogP contribution in [0.5, 0.6) is 5.75 Å². The highest BCUT2D eigenvalue weighted by atomic mass is 19.1. The maximum absolute atomic E-state index is 14.2. The summed E-state index contributed by atoms with van der Waals surface area (Å²) in [7, 11) is 0. The first-order valence-corrected chi connectivity index (χ1v) is 8.99. The lowest BCUT2D eigenvalue weighted by Gasteiger charge is -2.13. The van der Waals surface area contributed by atoms with E-state index in [0.29, 0.717) is 22.7 Å². The van der Waals surface area contributed by atoms with Crippen molar-refractivity contribution in [2.45, 2.75) is 20.0 Å². The van der Waals surface area contributed by atoms with Crippen molar-refractivity contribution in [3.05, 3.63) is 65.6 Å². The number of rotatable bonds is 7. The van der Waals surface area contributed by atoms with Crippen LogP contribution in [0.4, 0.5) is 27.5 Å². The number of benzene rings is 2. The zero-order valence-electron chi connectivity index (χ0n) is 16.3. The molecule has 0 saturated heterocycles. The zero-order chi connectivity index (χ0) is 21.7. The van der Waals surface area contributed by atoms with Crippen LogP contribution in [-0.2, 0) is 0 Å². The summed E-state index contributed by atoms with van der Waals surface area (Å²) in [5.74, 6) is -0.426. The van der Waals surface area contributed by atoms with Crippen LogP contribution in [0.15, 0.2) is 48.7 Å². The van der Waals surface area contributed by atoms with Gasteiger partial charge in [0.25, 0.3) is 0 Å². The molecule has 0 bridgehead atoms. The predicted molar refractivity (Wildman–Crippen MR) is 110 cm³/mol. The number of halogens is 1. The Morgan fingerprint density at radius 1 is 1.20 bits per heavy atom. The largest absolute Gasteiger partial charge is 0.476 e. The number of hydrogen-bond acceptors (Lipinski definition) is 7. The molecule has 1 heterocycles. The molecule has 8 nitrogen and oxygen atoms in total. The zero-order valence-corrected chi connectivity index (χ0v) is 16.3. The topological polar surface area (TPSA) is 126 Å². The number of carbonyl (C=O) groups is 1. The molecule has 1 atom stereocenters. The normalized spacial score (nSPS) is 11.3. The molecule has 0 spiro atoms. The van der Waals surface area contributed by atoms with Crippen LogP contribution in [0.2, 0.25) is 0 Å². The van der Waals surface area contributed by atoms with Crippen molar-refractivity contribution in [1.82, 2.24) is 9.97 Å². The van der Waals surface area contributed by atoms with Gasteiger partial charge in [0, 0.05) is 16.9 Å². The third kappa shape index (κ3) is 4.99. The molecule has 0 aliphatic heterocycles. The molecule has 0 aliphatic carbocycles. The highest BCUT2D eigenvalue weighted by Gasteiger charge is 2.10. The summed E-state index contributed by atoms with van der Waals surface area (Å²) >= 11 is 0. The lowest BCUT2D eigenvalue weighted by molar-refractivity contribution is 0.100. The Hall–Kier alpha value is -4.19. The molecule has 0 aliphatic rings. The fraction of sp³-hybridized carbons (Fsp3) is 0.143. The Bertz CT molecular complexity index is 1110. The molecule has 9 heteroatoms. The molecule has 0 radical (unpaired) electrons. The second kappa shape index (κ2) is 8.87. The minimum Gasteiger partial charge on any atom is -0.476 e. The van der Waals surface area contributed by atoms with Crippen LogP contribution in [0.1, 0.15) is 22.8 Å². The fourth-order valence-corrected chi connectivity index (χ4v) is 2.57. The van der Waals surface area contributed by atoms with Crippen molar-refractivity contribution < 1.29 is 13.9 Å². The monoisotopic (exact) mass is 406 g/mol. The lowest BCUT2D eigenvalue weighted by atomic mass is 10.2. The van der Waals surface area contributed by atoms with Gasteiger partial charge in [0.2, 0.25) is 11.9 Å². The van der Waals surface area contributed by atoms with Crippen molar-refractivity contribution in [2.75, 3.05) is 10.6 Å². The number of carbonyl (C=O) groups excluding carboxylic acids is 1. The first-order chi connectivity index (χ1) is 14.4. The van der Waals surface area contributed by atoms with Crippen LogP contribution in [0.3, 0.4) is 0 Å². The molecule has 4 N–H and O–H groups in total. The van der Waals surface area contributed by atoms with Crippen molar-refractivity contribution in [3.63, 3.8) is 0 Å². The summed E-state index contributed by atoms with van der Waals surface area (Å²) in [5.41, 5.74) is 7.58. The molecule has 3 aromatic rings. The maximum atomic E-state index is 14.2. The van der Waals surface area contributed by atoms with E-state index in [0.717, 1.165) is 11.8 Å². The van der Waals surface area contributed by atoms with Gasteiger partial charge in [-0.25, -0.2) is 9.37 Å². The number of aryl methyl sites for hydroxylation is 1. The number of primary amides is 1. The van der Waals surface area contributed by atoms with Crippen molar-refractivity contribution >= 4 is 29.0 Å². The minimum atomic E-state index is -0.624. The van der Waals surface area contributed by atoms with Crippen LogP contribution in [0.25, 0.3) is 0 Å². The van der Waals surface area contributed by atoms with Gasteiger partial charge in [-0.1, -0.05) is 0 Å². The number of anilines is 4. The summed E-state index contributed by atoms with van der Waals surface area (Å²) in [6.45, 7) is 3.47. The molecule has 30 heavy (non-hydrogen) atoms. The fourth-order valence-electron chi connectivity index (χ4n) is 2.57. The van der Waals surface area contributed by atoms with Gasteiger partial charge >= 0.3 is 0 Å². The molecule has 2 aromatic carbocycles. The standard InChI is InChI=1S/C21H19FN6O2/c1-12-9-16(7-8-18(12)30-13(2)10-23)26-20-17(22)11-25-21(28-20)27-15-5-3-14(4-6-15)19(24)29/h3-9,11,13H,1-2H3,(H2,24,29)(H2,25,26,27,28). The van der Waals surface area contributed by atoms with Gasteiger partial charge in [0.05, 0.1) is 6.20 Å². The van der Waals surface area contributed by atoms with E-state index in [1.807, 2.05) is 13.0 Å². The van der Waals surface area contributed by atoms with Gasteiger partial charge in [-0.2, -0.15) is 10.2 Å². The summed E-state index contributed by atoms with van der Waals surface area (Å²) in [6.07, 6.45) is 0.474. The van der Waals surface area contributed by atoms with E-state index in [2.05, 4.69) is 20.6 Å². The van der Waals surface area contributed by atoms with E-state index >= 15 is 0 Å². The van der Waals surface area contributed by atoms with E-state index < -0.39 is 17.8 Å². The smallest absolute Gasteiger partial charge is 0.248 e. The molecule has 1 aromatic heterocycles. The molecule has 1 unspecified atom stereocenters. The molecular formula is C21H19FN6O2. The average Bonchev–Trinajstić information content (AvgIpc) is 2.72. The minimum absolute atomic E-state index is 0.0142. The molecular weight excluding hydrogens is 387 g/mol. The van der Waals surface area contributed by atoms with Gasteiger partial charge < -0.3 is 21.1 Å². The number of nitrogens with zero attached hydrogens (tertiary/aromatic N) is 3. The van der Waals surface area contributed by atoms with E-state index in [1.165, 1.54) is 0 Å². The molecule has 3 rings (SSSR count). The SMILES string of the molecule is Cc1cc(Nc2nc(Nc3ccc(C(N)=O)cc3)ncc2F)ccc1OC(C)C#N. The van der Waals surface area contributed by atoms with Gasteiger partial charge in [0.15, 0.2) is 17.7 Å². The van der Waals surface area contributed by atoms with Crippen LogP contribution in [0, 0.1) is 24.1 Å². The summed E-state index contributed by atoms with van der Waals surface area (Å²) in [4.78, 5) is 19.2. The Labute approximate surface area is 172 Å². The van der Waals surface area contributed by atoms with Crippen LogP contribution in [-0.4, -0.2) is 22.0 Å². The first-order valence-electron chi connectivity index (χ1n) is 8.99. The molecule has 0 fully saturated rings. The number of hydrogen-bond donors (Lipinski definition) is 3. The van der Waals surface area contributed by atoms with E-state index in [4.69, 9.17) is 15.7 Å². The third-order valence-electron chi connectivity index (χ3n) is 4.09. The molecule has 0 saturated carbocycles. The van der Waals surface area contributed by atoms with Crippen molar-refractivity contribution in [2.24, 2.45) is 5.73 Å². The summed E-state index contributed by atoms with van der Waals surface area (Å²) in [6, 6.07) is 13.6. The number of aromatic nitrogens is 2. The Balaban J connectivity index is 1.76. The second-order valence-electron chi connectivity index (χ2n) is 6.45. The average molecular weight is 406 g/mol. The Kier molecular flexibility index (Phi) is 6.08. The van der Waals surface area contributed by atoms with Crippen LogP contribution >= 0.6 is 0 Å². The molecule has 152 valence electrons. The molecule has 1 amide bonds. The predicted octanol–water partition coefficient (Wildman–Crippen LogP) is 3.80. The first kappa shape index (κ1) is 20.5. The van der Waals surface area contributed by atoms with E-state index in [1.54, 1.807) is 49.4 Å². The van der Waals surface area contributed by atoms with Gasteiger partial charge in [0.1, 0.15) is 11.8 Å². The van der Waals surface area contributed by atoms with E-state index in [-0.39, 0.29) is 11.8 Å². The van der Waals surface area contributed by atoms with Crippen molar-refractivity contribution in [1.29, 1.82) is 5.26 Å². The summed E-state index contributed by atoms with van der Waals surface area (Å²) < 4.78 is 19.7. The quantitative estimate of drug-likeness (QED) is 0.545. The van der Waals surface area contributed by atoms with Crippen LogP contribution < -0.4 is 21.1 Å². The van der Waals surface area contributed by atoms with Crippen molar-refractivity contribution in [3.8, 4) is 11.8 Å². The number of amides is 1. The highest BCUT2D eigenvalue weighted by Crippen LogP contribution is 2.26.